The molecule has 0 amide bonds. The molecule has 0 aromatic carbocycles. The summed E-state index contributed by atoms with van der Waals surface area (Å²) >= 11 is 0. The summed E-state index contributed by atoms with van der Waals surface area (Å²) in [5, 5.41) is 14.0. The second-order valence-corrected chi connectivity index (χ2v) is 4.74. The fourth-order valence-corrected chi connectivity index (χ4v) is 1.58. The Bertz CT molecular complexity index is 585. The van der Waals surface area contributed by atoms with E-state index in [0.717, 1.165) is 0 Å². The first kappa shape index (κ1) is 12.4. The minimum Gasteiger partial charge on any atom is -0.389 e. The third-order valence-corrected chi connectivity index (χ3v) is 2.33. The molecule has 94 valence electrons. The summed E-state index contributed by atoms with van der Waals surface area (Å²) in [6.45, 7) is 3.41. The van der Waals surface area contributed by atoms with Crippen LogP contribution in [-0.4, -0.2) is 25.5 Å². The summed E-state index contributed by atoms with van der Waals surface area (Å²) in [6, 6.07) is 8.56. The number of hydrogen-bond donors (Lipinski definition) is 1. The smallest absolute Gasteiger partial charge is 0.266 e. The Balaban J connectivity index is 2.42. The Morgan fingerprint density at radius 2 is 2.00 bits per heavy atom. The van der Waals surface area contributed by atoms with Gasteiger partial charge in [0.25, 0.3) is 5.56 Å². The minimum atomic E-state index is -0.987. The number of rotatable bonds is 3. The Morgan fingerprint density at radius 1 is 1.22 bits per heavy atom. The highest BCUT2D eigenvalue weighted by Gasteiger charge is 2.15. The monoisotopic (exact) mass is 245 g/mol. The van der Waals surface area contributed by atoms with Crippen LogP contribution in [0.25, 0.3) is 11.4 Å². The molecule has 2 aromatic rings. The number of nitrogens with zero attached hydrogens (tertiary/aromatic N) is 3. The fraction of sp³-hybridized carbons (Fsp3) is 0.308. The van der Waals surface area contributed by atoms with Crippen LogP contribution in [0.5, 0.6) is 0 Å². The number of pyridine rings is 1. The van der Waals surface area contributed by atoms with Gasteiger partial charge < -0.3 is 5.11 Å². The van der Waals surface area contributed by atoms with E-state index in [9.17, 15) is 9.90 Å². The molecule has 5 nitrogen and oxygen atoms in total. The molecule has 0 saturated heterocycles. The first-order valence-electron chi connectivity index (χ1n) is 5.68. The SMILES string of the molecule is CC(C)(O)Cn1nc(-c2ccccn2)ccc1=O. The van der Waals surface area contributed by atoms with E-state index in [1.165, 1.54) is 10.7 Å². The highest BCUT2D eigenvalue weighted by atomic mass is 16.3. The van der Waals surface area contributed by atoms with Crippen LogP contribution in [0.15, 0.2) is 41.3 Å². The van der Waals surface area contributed by atoms with Gasteiger partial charge in [0.15, 0.2) is 0 Å². The van der Waals surface area contributed by atoms with Gasteiger partial charge in [-0.25, -0.2) is 4.68 Å². The van der Waals surface area contributed by atoms with Gasteiger partial charge in [-0.3, -0.25) is 9.78 Å². The van der Waals surface area contributed by atoms with E-state index in [2.05, 4.69) is 10.1 Å². The first-order valence-corrected chi connectivity index (χ1v) is 5.68. The minimum absolute atomic E-state index is 0.145. The van der Waals surface area contributed by atoms with Crippen LogP contribution in [0.2, 0.25) is 0 Å². The lowest BCUT2D eigenvalue weighted by Gasteiger charge is -2.17. The van der Waals surface area contributed by atoms with E-state index in [-0.39, 0.29) is 12.1 Å². The average molecular weight is 245 g/mol. The third kappa shape index (κ3) is 3.01. The van der Waals surface area contributed by atoms with Crippen LogP contribution in [0.4, 0.5) is 0 Å². The maximum atomic E-state index is 11.6. The van der Waals surface area contributed by atoms with Gasteiger partial charge in [0, 0.05) is 12.3 Å². The Labute approximate surface area is 105 Å². The van der Waals surface area contributed by atoms with Gasteiger partial charge in [-0.15, -0.1) is 0 Å². The van der Waals surface area contributed by atoms with Gasteiger partial charge in [-0.05, 0) is 32.0 Å². The van der Waals surface area contributed by atoms with E-state index < -0.39 is 5.60 Å². The molecule has 0 fully saturated rings. The van der Waals surface area contributed by atoms with Crippen LogP contribution < -0.4 is 5.56 Å². The predicted molar refractivity (Wildman–Crippen MR) is 68.0 cm³/mol. The highest BCUT2D eigenvalue weighted by Crippen LogP contribution is 2.11. The lowest BCUT2D eigenvalue weighted by atomic mass is 10.1. The van der Waals surface area contributed by atoms with Crippen molar-refractivity contribution < 1.29 is 5.11 Å². The van der Waals surface area contributed by atoms with E-state index in [4.69, 9.17) is 0 Å². The predicted octanol–water partition coefficient (Wildman–Crippen LogP) is 1.08. The zero-order chi connectivity index (χ0) is 13.2. The van der Waals surface area contributed by atoms with E-state index in [1.807, 2.05) is 18.2 Å². The molecule has 0 bridgehead atoms. The second kappa shape index (κ2) is 4.70. The second-order valence-electron chi connectivity index (χ2n) is 4.74. The average Bonchev–Trinajstić information content (AvgIpc) is 2.31. The zero-order valence-corrected chi connectivity index (χ0v) is 10.4. The van der Waals surface area contributed by atoms with E-state index in [0.29, 0.717) is 11.4 Å². The van der Waals surface area contributed by atoms with Crippen LogP contribution in [0.1, 0.15) is 13.8 Å². The lowest BCUT2D eigenvalue weighted by molar-refractivity contribution is 0.0562. The van der Waals surface area contributed by atoms with Crippen molar-refractivity contribution in [1.29, 1.82) is 0 Å². The fourth-order valence-electron chi connectivity index (χ4n) is 1.58. The molecule has 5 heteroatoms. The molecular formula is C13H15N3O2. The standard InChI is InChI=1S/C13H15N3O2/c1-13(2,18)9-16-12(17)7-6-11(15-16)10-5-3-4-8-14-10/h3-8,18H,9H2,1-2H3. The highest BCUT2D eigenvalue weighted by molar-refractivity contribution is 5.52. The van der Waals surface area contributed by atoms with Crippen molar-refractivity contribution in [2.24, 2.45) is 0 Å². The van der Waals surface area contributed by atoms with Crippen molar-refractivity contribution in [2.45, 2.75) is 26.0 Å². The molecule has 0 radical (unpaired) electrons. The Hall–Kier alpha value is -2.01. The summed E-state index contributed by atoms with van der Waals surface area (Å²) in [7, 11) is 0. The number of aliphatic hydroxyl groups is 1. The number of aromatic nitrogens is 3. The van der Waals surface area contributed by atoms with Gasteiger partial charge >= 0.3 is 0 Å². The molecule has 2 aromatic heterocycles. The summed E-state index contributed by atoms with van der Waals surface area (Å²) in [5.74, 6) is 0. The zero-order valence-electron chi connectivity index (χ0n) is 10.4. The normalized spacial score (nSPS) is 11.5. The summed E-state index contributed by atoms with van der Waals surface area (Å²) in [5.41, 5.74) is 0.0813. The molecule has 1 N–H and O–H groups in total. The first-order chi connectivity index (χ1) is 8.46. The van der Waals surface area contributed by atoms with Gasteiger partial charge in [-0.1, -0.05) is 6.07 Å². The molecule has 0 aliphatic heterocycles. The number of hydrogen-bond acceptors (Lipinski definition) is 4. The molecule has 0 aliphatic carbocycles. The summed E-state index contributed by atoms with van der Waals surface area (Å²) in [6.07, 6.45) is 1.67. The molecular weight excluding hydrogens is 230 g/mol. The van der Waals surface area contributed by atoms with Gasteiger partial charge in [0.1, 0.15) is 5.69 Å². The Kier molecular flexibility index (Phi) is 3.25. The van der Waals surface area contributed by atoms with Crippen molar-refractivity contribution in [1.82, 2.24) is 14.8 Å². The molecule has 0 atom stereocenters. The Morgan fingerprint density at radius 3 is 2.61 bits per heavy atom. The topological polar surface area (TPSA) is 68.0 Å². The van der Waals surface area contributed by atoms with Crippen molar-refractivity contribution in [3.05, 3.63) is 46.9 Å². The largest absolute Gasteiger partial charge is 0.389 e. The van der Waals surface area contributed by atoms with Crippen molar-refractivity contribution >= 4 is 0 Å². The van der Waals surface area contributed by atoms with Crippen LogP contribution in [0.3, 0.4) is 0 Å². The van der Waals surface area contributed by atoms with Crippen molar-refractivity contribution in [3.8, 4) is 11.4 Å². The van der Waals surface area contributed by atoms with Crippen molar-refractivity contribution in [3.63, 3.8) is 0 Å². The van der Waals surface area contributed by atoms with Crippen LogP contribution in [-0.2, 0) is 6.54 Å². The van der Waals surface area contributed by atoms with Gasteiger partial charge in [-0.2, -0.15) is 5.10 Å². The third-order valence-electron chi connectivity index (χ3n) is 2.33. The van der Waals surface area contributed by atoms with E-state index in [1.54, 1.807) is 26.1 Å². The summed E-state index contributed by atoms with van der Waals surface area (Å²) in [4.78, 5) is 15.8. The molecule has 2 rings (SSSR count). The van der Waals surface area contributed by atoms with Gasteiger partial charge in [0.05, 0.1) is 17.8 Å². The maximum absolute atomic E-state index is 11.6. The molecule has 0 spiro atoms. The molecule has 2 heterocycles. The maximum Gasteiger partial charge on any atom is 0.266 e. The summed E-state index contributed by atoms with van der Waals surface area (Å²) < 4.78 is 1.25. The van der Waals surface area contributed by atoms with Gasteiger partial charge in [0.2, 0.25) is 0 Å². The quantitative estimate of drug-likeness (QED) is 0.878. The lowest BCUT2D eigenvalue weighted by Crippen LogP contribution is -2.34. The molecule has 0 aliphatic rings. The molecule has 0 unspecified atom stereocenters. The van der Waals surface area contributed by atoms with Crippen LogP contribution >= 0.6 is 0 Å². The van der Waals surface area contributed by atoms with Crippen LogP contribution in [0, 0.1) is 0 Å². The van der Waals surface area contributed by atoms with E-state index >= 15 is 0 Å². The molecule has 18 heavy (non-hydrogen) atoms. The molecule has 0 saturated carbocycles. The van der Waals surface area contributed by atoms with Crippen molar-refractivity contribution in [2.75, 3.05) is 0 Å².